The van der Waals surface area contributed by atoms with Crippen LogP contribution in [0.25, 0.3) is 5.57 Å². The smallest absolute Gasteiger partial charge is 0.277 e. The first-order valence-corrected chi connectivity index (χ1v) is 10.7. The molecule has 1 aromatic rings. The predicted octanol–water partition coefficient (Wildman–Crippen LogP) is 2.37. The summed E-state index contributed by atoms with van der Waals surface area (Å²) < 4.78 is 5.27. The van der Waals surface area contributed by atoms with E-state index in [1.165, 1.54) is 4.90 Å². The van der Waals surface area contributed by atoms with Gasteiger partial charge in [-0.05, 0) is 20.3 Å². The van der Waals surface area contributed by atoms with E-state index in [0.717, 1.165) is 16.5 Å². The molecule has 3 rings (SSSR count). The highest BCUT2D eigenvalue weighted by molar-refractivity contribution is 6.18. The average Bonchev–Trinajstić information content (AvgIpc) is 3.34. The van der Waals surface area contributed by atoms with Crippen LogP contribution < -0.4 is 5.32 Å². The van der Waals surface area contributed by atoms with Gasteiger partial charge in [-0.2, -0.15) is 4.98 Å². The highest BCUT2D eigenvalue weighted by Gasteiger charge is 2.43. The minimum absolute atomic E-state index is 0. The van der Waals surface area contributed by atoms with Crippen LogP contribution in [0.3, 0.4) is 0 Å². The Morgan fingerprint density at radius 2 is 2.00 bits per heavy atom. The fourth-order valence-corrected chi connectivity index (χ4v) is 3.18. The van der Waals surface area contributed by atoms with Gasteiger partial charge in [0.2, 0.25) is 23.5 Å². The molecule has 2 aliphatic heterocycles. The van der Waals surface area contributed by atoms with Crippen molar-refractivity contribution in [1.29, 1.82) is 0 Å². The summed E-state index contributed by atoms with van der Waals surface area (Å²) in [6.45, 7) is 11.7. The molecule has 0 aromatic carbocycles. The molecule has 0 radical (unpaired) electrons. The third kappa shape index (κ3) is 5.91. The maximum absolute atomic E-state index is 12.8. The van der Waals surface area contributed by atoms with Crippen LogP contribution in [-0.2, 0) is 25.7 Å². The van der Waals surface area contributed by atoms with Crippen molar-refractivity contribution in [3.63, 3.8) is 0 Å². The molecule has 10 nitrogen and oxygen atoms in total. The lowest BCUT2D eigenvalue weighted by Crippen LogP contribution is -2.54. The Kier molecular flexibility index (Phi) is 8.61. The summed E-state index contributed by atoms with van der Waals surface area (Å²) in [6.07, 6.45) is 6.65. The molecular formula is C23H31N5O5. The van der Waals surface area contributed by atoms with Crippen molar-refractivity contribution in [3.05, 3.63) is 53.9 Å². The van der Waals surface area contributed by atoms with E-state index in [2.05, 4.69) is 22.0 Å². The van der Waals surface area contributed by atoms with Crippen LogP contribution in [0.15, 0.2) is 46.7 Å². The number of nitrogens with one attached hydrogen (secondary N) is 1. The third-order valence-corrected chi connectivity index (χ3v) is 4.78. The van der Waals surface area contributed by atoms with Crippen LogP contribution in [0.5, 0.6) is 0 Å². The lowest BCUT2D eigenvalue weighted by Gasteiger charge is -2.29. The molecule has 1 N–H and O–H groups in total. The zero-order valence-electron chi connectivity index (χ0n) is 19.5. The molecule has 1 fully saturated rings. The SMILES string of the molecule is C=C/C(=C\C=C(C)C)c1noc(CN(C)C2=CC(=O)N(C3CCC(=O)NC3=O)C2=O)n1.CC.[HH]. The summed E-state index contributed by atoms with van der Waals surface area (Å²) >= 11 is 0. The normalized spacial score (nSPS) is 18.3. The van der Waals surface area contributed by atoms with Gasteiger partial charge in [-0.3, -0.25) is 29.4 Å². The number of likely N-dealkylation sites (N-methyl/N-ethyl adjacent to an activating group) is 1. The molecule has 10 heteroatoms. The van der Waals surface area contributed by atoms with Crippen molar-refractivity contribution in [2.45, 2.75) is 53.1 Å². The Bertz CT molecular complexity index is 1050. The summed E-state index contributed by atoms with van der Waals surface area (Å²) in [5.41, 5.74) is 1.87. The number of nitrogens with zero attached hydrogens (tertiary/aromatic N) is 4. The first-order valence-electron chi connectivity index (χ1n) is 10.7. The lowest BCUT2D eigenvalue weighted by molar-refractivity contribution is -0.150. The van der Waals surface area contributed by atoms with Crippen molar-refractivity contribution in [2.75, 3.05) is 7.05 Å². The van der Waals surface area contributed by atoms with E-state index in [0.29, 0.717) is 11.4 Å². The fraction of sp³-hybridized carbons (Fsp3) is 0.391. The van der Waals surface area contributed by atoms with Gasteiger partial charge in [0.1, 0.15) is 11.7 Å². The summed E-state index contributed by atoms with van der Waals surface area (Å²) in [5.74, 6) is -1.71. The number of aromatic nitrogens is 2. The van der Waals surface area contributed by atoms with Gasteiger partial charge < -0.3 is 9.42 Å². The molecule has 33 heavy (non-hydrogen) atoms. The van der Waals surface area contributed by atoms with Gasteiger partial charge >= 0.3 is 0 Å². The molecule has 4 amide bonds. The first-order chi connectivity index (χ1) is 15.7. The van der Waals surface area contributed by atoms with E-state index in [9.17, 15) is 19.2 Å². The van der Waals surface area contributed by atoms with Crippen molar-refractivity contribution in [3.8, 4) is 0 Å². The maximum Gasteiger partial charge on any atom is 0.277 e. The van der Waals surface area contributed by atoms with E-state index in [-0.39, 0.29) is 32.4 Å². The summed E-state index contributed by atoms with van der Waals surface area (Å²) in [7, 11) is 1.60. The summed E-state index contributed by atoms with van der Waals surface area (Å²) in [5, 5.41) is 6.09. The molecule has 1 saturated heterocycles. The van der Waals surface area contributed by atoms with Crippen LogP contribution >= 0.6 is 0 Å². The van der Waals surface area contributed by atoms with Gasteiger partial charge in [-0.15, -0.1) is 0 Å². The number of hydrogen-bond acceptors (Lipinski definition) is 8. The second-order valence-electron chi connectivity index (χ2n) is 7.45. The lowest BCUT2D eigenvalue weighted by atomic mass is 10.0. The third-order valence-electron chi connectivity index (χ3n) is 4.78. The number of piperidine rings is 1. The van der Waals surface area contributed by atoms with Gasteiger partial charge in [0.25, 0.3) is 11.8 Å². The van der Waals surface area contributed by atoms with Crippen molar-refractivity contribution >= 4 is 29.2 Å². The molecular weight excluding hydrogens is 426 g/mol. The molecule has 1 atom stereocenters. The van der Waals surface area contributed by atoms with Crippen LogP contribution in [0.4, 0.5) is 0 Å². The van der Waals surface area contributed by atoms with Crippen LogP contribution in [0, 0.1) is 0 Å². The van der Waals surface area contributed by atoms with E-state index in [1.807, 2.05) is 39.8 Å². The number of amides is 4. The number of allylic oxidation sites excluding steroid dienone is 5. The number of hydrogen-bond donors (Lipinski definition) is 1. The quantitative estimate of drug-likeness (QED) is 0.489. The zero-order chi connectivity index (χ0) is 24.7. The molecule has 0 spiro atoms. The summed E-state index contributed by atoms with van der Waals surface area (Å²) in [6, 6.07) is -1.01. The number of imide groups is 2. The molecule has 1 aromatic heterocycles. The Morgan fingerprint density at radius 3 is 2.61 bits per heavy atom. The Labute approximate surface area is 194 Å². The van der Waals surface area contributed by atoms with E-state index >= 15 is 0 Å². The number of carbonyl (C=O) groups excluding carboxylic acids is 4. The fourth-order valence-electron chi connectivity index (χ4n) is 3.18. The minimum atomic E-state index is -1.01. The van der Waals surface area contributed by atoms with Crippen LogP contribution in [-0.4, -0.2) is 56.7 Å². The van der Waals surface area contributed by atoms with Gasteiger partial charge in [0.05, 0.1) is 6.54 Å². The first kappa shape index (κ1) is 25.4. The molecule has 2 aliphatic rings. The molecule has 0 bridgehead atoms. The molecule has 0 saturated carbocycles. The second-order valence-corrected chi connectivity index (χ2v) is 7.45. The van der Waals surface area contributed by atoms with E-state index < -0.39 is 29.7 Å². The van der Waals surface area contributed by atoms with Crippen molar-refractivity contribution < 1.29 is 25.1 Å². The van der Waals surface area contributed by atoms with Gasteiger partial charge in [-0.25, -0.2) is 0 Å². The van der Waals surface area contributed by atoms with Crippen molar-refractivity contribution in [2.24, 2.45) is 0 Å². The molecule has 1 unspecified atom stereocenters. The Hall–Kier alpha value is -3.82. The number of carbonyl (C=O) groups is 4. The van der Waals surface area contributed by atoms with Crippen LogP contribution in [0.2, 0.25) is 0 Å². The highest BCUT2D eigenvalue weighted by atomic mass is 16.5. The van der Waals surface area contributed by atoms with Gasteiger partial charge in [0.15, 0.2) is 0 Å². The second kappa shape index (κ2) is 11.2. The van der Waals surface area contributed by atoms with E-state index in [1.54, 1.807) is 13.1 Å². The van der Waals surface area contributed by atoms with Crippen molar-refractivity contribution in [1.82, 2.24) is 25.3 Å². The highest BCUT2D eigenvalue weighted by Crippen LogP contribution is 2.24. The monoisotopic (exact) mass is 457 g/mol. The predicted molar refractivity (Wildman–Crippen MR) is 123 cm³/mol. The van der Waals surface area contributed by atoms with Crippen LogP contribution in [0.1, 0.15) is 53.7 Å². The van der Waals surface area contributed by atoms with E-state index in [4.69, 9.17) is 4.52 Å². The topological polar surface area (TPSA) is 126 Å². The Balaban J connectivity index is 0.00000188. The minimum Gasteiger partial charge on any atom is -0.361 e. The largest absolute Gasteiger partial charge is 0.361 e. The molecule has 3 heterocycles. The van der Waals surface area contributed by atoms with Gasteiger partial charge in [-0.1, -0.05) is 49.4 Å². The molecule has 0 aliphatic carbocycles. The Morgan fingerprint density at radius 1 is 1.30 bits per heavy atom. The summed E-state index contributed by atoms with van der Waals surface area (Å²) in [4.78, 5) is 55.3. The average molecular weight is 458 g/mol. The maximum atomic E-state index is 12.8. The zero-order valence-corrected chi connectivity index (χ0v) is 19.5. The standard InChI is InChI=1S/C21H23N5O5.C2H6.H2/c1-5-13(7-6-12(2)3)19-23-17(31-24-19)11-25(4)15-10-18(28)26(21(15)30)14-8-9-16(27)22-20(14)29;1-2;/h5-7,10,14H,1,8-9,11H2,2-4H3,(H,22,27,29);1-2H3;1H/b13-7+;;. The van der Waals surface area contributed by atoms with Gasteiger partial charge in [0, 0.05) is 26.5 Å². The molecule has 178 valence electrons. The number of rotatable bonds is 7.